The molecule has 2 atom stereocenters. The van der Waals surface area contributed by atoms with Gasteiger partial charge in [0.2, 0.25) is 0 Å². The van der Waals surface area contributed by atoms with Gasteiger partial charge in [0.15, 0.2) is 6.10 Å². The first-order valence-electron chi connectivity index (χ1n) is 23.6. The van der Waals surface area contributed by atoms with Crippen molar-refractivity contribution in [2.24, 2.45) is 17.8 Å². The summed E-state index contributed by atoms with van der Waals surface area (Å²) in [6.45, 7) is 13.7. The third-order valence-electron chi connectivity index (χ3n) is 11.0. The minimum Gasteiger partial charge on any atom is -0.462 e. The molecule has 320 valence electrons. The molecule has 0 aliphatic rings. The van der Waals surface area contributed by atoms with Gasteiger partial charge >= 0.3 is 17.9 Å². The summed E-state index contributed by atoms with van der Waals surface area (Å²) in [4.78, 5) is 37.8. The van der Waals surface area contributed by atoms with Gasteiger partial charge in [-0.25, -0.2) is 0 Å². The molecule has 0 spiro atoms. The van der Waals surface area contributed by atoms with Crippen LogP contribution in [0.2, 0.25) is 0 Å². The minimum absolute atomic E-state index is 0.0663. The Morgan fingerprint density at radius 2 is 0.648 bits per heavy atom. The van der Waals surface area contributed by atoms with Gasteiger partial charge in [-0.2, -0.15) is 0 Å². The Balaban J connectivity index is 4.36. The van der Waals surface area contributed by atoms with Crippen LogP contribution in [0.25, 0.3) is 0 Å². The van der Waals surface area contributed by atoms with Crippen molar-refractivity contribution in [2.75, 3.05) is 13.2 Å². The first-order valence-corrected chi connectivity index (χ1v) is 23.6. The van der Waals surface area contributed by atoms with E-state index >= 15 is 0 Å². The van der Waals surface area contributed by atoms with E-state index < -0.39 is 6.10 Å². The zero-order valence-corrected chi connectivity index (χ0v) is 37.0. The fourth-order valence-electron chi connectivity index (χ4n) is 7.02. The molecule has 0 bridgehead atoms. The number of hydrogen-bond acceptors (Lipinski definition) is 6. The van der Waals surface area contributed by atoms with Crippen molar-refractivity contribution in [1.29, 1.82) is 0 Å². The van der Waals surface area contributed by atoms with E-state index in [1.165, 1.54) is 135 Å². The third kappa shape index (κ3) is 40.1. The number of unbranched alkanes of at least 4 members (excludes halogenated alkanes) is 23. The molecule has 0 aromatic carbocycles. The predicted molar refractivity (Wildman–Crippen MR) is 229 cm³/mol. The summed E-state index contributed by atoms with van der Waals surface area (Å²) in [5.74, 6) is 1.60. The Morgan fingerprint density at radius 1 is 0.370 bits per heavy atom. The highest BCUT2D eigenvalue weighted by molar-refractivity contribution is 5.71. The van der Waals surface area contributed by atoms with E-state index in [1.807, 2.05) is 0 Å². The van der Waals surface area contributed by atoms with Crippen LogP contribution in [0.3, 0.4) is 0 Å². The monoisotopic (exact) mass is 765 g/mol. The maximum atomic E-state index is 12.7. The summed E-state index contributed by atoms with van der Waals surface area (Å²) in [5.41, 5.74) is 0. The molecule has 0 N–H and O–H groups in total. The number of esters is 3. The highest BCUT2D eigenvalue weighted by Crippen LogP contribution is 2.17. The van der Waals surface area contributed by atoms with Crippen molar-refractivity contribution in [3.05, 3.63) is 0 Å². The SMILES string of the molecule is CCC(C)CCCCCCCCCCC(=O)OC[C@H](COC(=O)CCCCCCCCCCC(C)C)OC(=O)CCCCCCCCCCCCC(C)C. The van der Waals surface area contributed by atoms with Gasteiger partial charge in [0.1, 0.15) is 13.2 Å². The Bertz CT molecular complexity index is 839. The van der Waals surface area contributed by atoms with Gasteiger partial charge in [0.25, 0.3) is 0 Å². The Kier molecular flexibility index (Phi) is 38.5. The smallest absolute Gasteiger partial charge is 0.306 e. The van der Waals surface area contributed by atoms with Crippen molar-refractivity contribution >= 4 is 17.9 Å². The molecule has 0 aliphatic heterocycles. The van der Waals surface area contributed by atoms with Crippen molar-refractivity contribution in [2.45, 2.75) is 260 Å². The average Bonchev–Trinajstić information content (AvgIpc) is 3.14. The van der Waals surface area contributed by atoms with E-state index in [1.54, 1.807) is 0 Å². The van der Waals surface area contributed by atoms with E-state index in [-0.39, 0.29) is 31.1 Å². The van der Waals surface area contributed by atoms with E-state index in [0.717, 1.165) is 75.5 Å². The number of ether oxygens (including phenoxy) is 3. The molecule has 0 amide bonds. The zero-order valence-electron chi connectivity index (χ0n) is 37.0. The van der Waals surface area contributed by atoms with Crippen LogP contribution < -0.4 is 0 Å². The molecule has 0 aromatic heterocycles. The molecular weight excluding hydrogens is 673 g/mol. The largest absolute Gasteiger partial charge is 0.462 e. The lowest BCUT2D eigenvalue weighted by atomic mass is 9.99. The van der Waals surface area contributed by atoms with Crippen LogP contribution in [0.4, 0.5) is 0 Å². The topological polar surface area (TPSA) is 78.9 Å². The van der Waals surface area contributed by atoms with E-state index in [2.05, 4.69) is 41.5 Å². The molecule has 0 aliphatic carbocycles. The third-order valence-corrected chi connectivity index (χ3v) is 11.0. The van der Waals surface area contributed by atoms with Crippen LogP contribution >= 0.6 is 0 Å². The van der Waals surface area contributed by atoms with Crippen LogP contribution in [0, 0.1) is 17.8 Å². The molecule has 0 saturated carbocycles. The van der Waals surface area contributed by atoms with E-state index in [4.69, 9.17) is 14.2 Å². The zero-order chi connectivity index (χ0) is 39.9. The predicted octanol–water partition coefficient (Wildman–Crippen LogP) is 14.8. The standard InChI is InChI=1S/C48H92O6/c1-7-44(6)36-30-24-18-13-15-20-26-32-38-47(50)53-41-45(40-52-46(49)37-31-25-19-14-12-17-23-29-35-43(4)5)54-48(51)39-33-27-21-11-9-8-10-16-22-28-34-42(2)3/h42-45H,7-41H2,1-6H3/t44?,45-/m0/s1. The Hall–Kier alpha value is -1.59. The number of hydrogen-bond donors (Lipinski definition) is 0. The molecule has 0 rings (SSSR count). The fourth-order valence-corrected chi connectivity index (χ4v) is 7.02. The summed E-state index contributed by atoms with van der Waals surface area (Å²) >= 11 is 0. The highest BCUT2D eigenvalue weighted by Gasteiger charge is 2.19. The second-order valence-electron chi connectivity index (χ2n) is 17.6. The van der Waals surface area contributed by atoms with Crippen molar-refractivity contribution < 1.29 is 28.6 Å². The van der Waals surface area contributed by atoms with Crippen LogP contribution in [-0.2, 0) is 28.6 Å². The number of carbonyl (C=O) groups is 3. The maximum Gasteiger partial charge on any atom is 0.306 e. The second kappa shape index (κ2) is 39.6. The van der Waals surface area contributed by atoms with Crippen LogP contribution in [0.5, 0.6) is 0 Å². The molecule has 0 radical (unpaired) electrons. The molecule has 54 heavy (non-hydrogen) atoms. The molecule has 6 nitrogen and oxygen atoms in total. The molecule has 0 saturated heterocycles. The number of rotatable bonds is 41. The lowest BCUT2D eigenvalue weighted by Gasteiger charge is -2.18. The van der Waals surface area contributed by atoms with Gasteiger partial charge in [-0.3, -0.25) is 14.4 Å². The van der Waals surface area contributed by atoms with Gasteiger partial charge in [0, 0.05) is 19.3 Å². The summed E-state index contributed by atoms with van der Waals surface area (Å²) in [7, 11) is 0. The summed E-state index contributed by atoms with van der Waals surface area (Å²) in [6.07, 6.45) is 36.6. The first kappa shape index (κ1) is 52.4. The molecule has 6 heteroatoms. The van der Waals surface area contributed by atoms with Gasteiger partial charge in [-0.05, 0) is 37.0 Å². The van der Waals surface area contributed by atoms with Crippen LogP contribution in [0.15, 0.2) is 0 Å². The Morgan fingerprint density at radius 3 is 0.963 bits per heavy atom. The summed E-state index contributed by atoms with van der Waals surface area (Å²) < 4.78 is 16.7. The maximum absolute atomic E-state index is 12.7. The van der Waals surface area contributed by atoms with Crippen molar-refractivity contribution in [1.82, 2.24) is 0 Å². The lowest BCUT2D eigenvalue weighted by Crippen LogP contribution is -2.30. The van der Waals surface area contributed by atoms with E-state index in [0.29, 0.717) is 19.3 Å². The number of carbonyl (C=O) groups excluding carboxylic acids is 3. The lowest BCUT2D eigenvalue weighted by molar-refractivity contribution is -0.167. The molecular formula is C48H92O6. The van der Waals surface area contributed by atoms with Crippen molar-refractivity contribution in [3.63, 3.8) is 0 Å². The van der Waals surface area contributed by atoms with Crippen molar-refractivity contribution in [3.8, 4) is 0 Å². The van der Waals surface area contributed by atoms with Crippen LogP contribution in [0.1, 0.15) is 253 Å². The normalized spacial score (nSPS) is 12.7. The van der Waals surface area contributed by atoms with E-state index in [9.17, 15) is 14.4 Å². The van der Waals surface area contributed by atoms with Gasteiger partial charge in [-0.1, -0.05) is 215 Å². The van der Waals surface area contributed by atoms with Gasteiger partial charge < -0.3 is 14.2 Å². The van der Waals surface area contributed by atoms with Crippen LogP contribution in [-0.4, -0.2) is 37.2 Å². The summed E-state index contributed by atoms with van der Waals surface area (Å²) in [5, 5.41) is 0. The average molecular weight is 765 g/mol. The van der Waals surface area contributed by atoms with Gasteiger partial charge in [0.05, 0.1) is 0 Å². The summed E-state index contributed by atoms with van der Waals surface area (Å²) in [6, 6.07) is 0. The molecule has 1 unspecified atom stereocenters. The fraction of sp³-hybridized carbons (Fsp3) is 0.938. The molecule has 0 aromatic rings. The minimum atomic E-state index is -0.762. The second-order valence-corrected chi connectivity index (χ2v) is 17.6. The Labute approximate surface area is 336 Å². The molecule has 0 heterocycles. The highest BCUT2D eigenvalue weighted by atomic mass is 16.6. The quantitative estimate of drug-likeness (QED) is 0.0350. The van der Waals surface area contributed by atoms with Gasteiger partial charge in [-0.15, -0.1) is 0 Å². The molecule has 0 fully saturated rings. The first-order chi connectivity index (χ1) is 26.1.